The minimum atomic E-state index is 0.279. The van der Waals surface area contributed by atoms with Crippen LogP contribution in [-0.4, -0.2) is 0 Å². The maximum atomic E-state index is 5.64. The Hall–Kier alpha value is 0.1000. The second kappa shape index (κ2) is 4.95. The van der Waals surface area contributed by atoms with Crippen molar-refractivity contribution in [1.82, 2.24) is 5.43 Å². The lowest BCUT2D eigenvalue weighted by molar-refractivity contribution is 0.231. The largest absolute Gasteiger partial charge is 0.271 e. The fourth-order valence-corrected chi connectivity index (χ4v) is 3.30. The summed E-state index contributed by atoms with van der Waals surface area (Å²) in [6.07, 6.45) is 3.88. The predicted octanol–water partition coefficient (Wildman–Crippen LogP) is 3.52. The van der Waals surface area contributed by atoms with Crippen LogP contribution in [0.3, 0.4) is 0 Å². The number of benzene rings is 1. The Morgan fingerprint density at radius 3 is 2.53 bits per heavy atom. The molecule has 1 aliphatic carbocycles. The molecule has 0 spiro atoms. The van der Waals surface area contributed by atoms with Gasteiger partial charge >= 0.3 is 0 Å². The van der Waals surface area contributed by atoms with Crippen LogP contribution in [0.15, 0.2) is 27.1 Å². The molecule has 0 radical (unpaired) electrons. The maximum absolute atomic E-state index is 5.64. The standard InChI is InChI=1S/C11H14Br2N2/c12-8-4-5-9(10(13)6-8)11(15-14)7-2-1-3-7/h4-7,11,15H,1-3,14H2. The highest BCUT2D eigenvalue weighted by atomic mass is 79.9. The molecule has 1 unspecified atom stereocenters. The third-order valence-electron chi connectivity index (χ3n) is 3.10. The van der Waals surface area contributed by atoms with Gasteiger partial charge in [-0.2, -0.15) is 0 Å². The van der Waals surface area contributed by atoms with E-state index >= 15 is 0 Å². The highest BCUT2D eigenvalue weighted by Gasteiger charge is 2.28. The van der Waals surface area contributed by atoms with Gasteiger partial charge in [-0.3, -0.25) is 11.3 Å². The molecule has 3 N–H and O–H groups in total. The Kier molecular flexibility index (Phi) is 3.83. The summed E-state index contributed by atoms with van der Waals surface area (Å²) in [7, 11) is 0. The smallest absolute Gasteiger partial charge is 0.0499 e. The van der Waals surface area contributed by atoms with Gasteiger partial charge in [0, 0.05) is 15.0 Å². The monoisotopic (exact) mass is 332 g/mol. The normalized spacial score (nSPS) is 18.6. The Morgan fingerprint density at radius 1 is 1.33 bits per heavy atom. The first-order valence-corrected chi connectivity index (χ1v) is 6.72. The zero-order valence-electron chi connectivity index (χ0n) is 8.34. The number of nitrogens with two attached hydrogens (primary N) is 1. The van der Waals surface area contributed by atoms with Crippen LogP contribution in [0, 0.1) is 5.92 Å². The van der Waals surface area contributed by atoms with E-state index in [-0.39, 0.29) is 6.04 Å². The first kappa shape index (κ1) is 11.6. The molecule has 0 bridgehead atoms. The van der Waals surface area contributed by atoms with Crippen molar-refractivity contribution >= 4 is 31.9 Å². The van der Waals surface area contributed by atoms with E-state index < -0.39 is 0 Å². The zero-order valence-corrected chi connectivity index (χ0v) is 11.5. The van der Waals surface area contributed by atoms with Gasteiger partial charge in [0.2, 0.25) is 0 Å². The molecule has 1 aromatic rings. The van der Waals surface area contributed by atoms with Crippen LogP contribution in [0.4, 0.5) is 0 Å². The summed E-state index contributed by atoms with van der Waals surface area (Å²) in [5, 5.41) is 0. The molecule has 1 saturated carbocycles. The zero-order chi connectivity index (χ0) is 10.8. The van der Waals surface area contributed by atoms with Gasteiger partial charge in [-0.1, -0.05) is 44.3 Å². The number of hydrogen-bond acceptors (Lipinski definition) is 2. The highest BCUT2D eigenvalue weighted by molar-refractivity contribution is 9.11. The third-order valence-corrected chi connectivity index (χ3v) is 4.28. The van der Waals surface area contributed by atoms with E-state index in [0.29, 0.717) is 5.92 Å². The molecule has 2 rings (SSSR count). The Morgan fingerprint density at radius 2 is 2.07 bits per heavy atom. The average molecular weight is 334 g/mol. The van der Waals surface area contributed by atoms with Crippen molar-refractivity contribution in [3.63, 3.8) is 0 Å². The van der Waals surface area contributed by atoms with Crippen molar-refractivity contribution in [3.05, 3.63) is 32.7 Å². The van der Waals surface area contributed by atoms with E-state index in [1.807, 2.05) is 0 Å². The molecule has 2 nitrogen and oxygen atoms in total. The predicted molar refractivity (Wildman–Crippen MR) is 69.2 cm³/mol. The molecule has 4 heteroatoms. The Balaban J connectivity index is 2.25. The number of hydrogen-bond donors (Lipinski definition) is 2. The molecule has 0 amide bonds. The number of hydrazine groups is 1. The fourth-order valence-electron chi connectivity index (χ4n) is 2.01. The van der Waals surface area contributed by atoms with Gasteiger partial charge in [0.05, 0.1) is 0 Å². The van der Waals surface area contributed by atoms with Gasteiger partial charge in [0.25, 0.3) is 0 Å². The SMILES string of the molecule is NNC(c1ccc(Br)cc1Br)C1CCC1. The topological polar surface area (TPSA) is 38.0 Å². The van der Waals surface area contributed by atoms with E-state index in [0.717, 1.165) is 8.95 Å². The second-order valence-electron chi connectivity index (χ2n) is 4.00. The minimum absolute atomic E-state index is 0.279. The number of nitrogens with one attached hydrogen (secondary N) is 1. The van der Waals surface area contributed by atoms with Crippen molar-refractivity contribution in [3.8, 4) is 0 Å². The van der Waals surface area contributed by atoms with Gasteiger partial charge in [-0.15, -0.1) is 0 Å². The van der Waals surface area contributed by atoms with E-state index in [2.05, 4.69) is 55.5 Å². The van der Waals surface area contributed by atoms with Crippen molar-refractivity contribution in [2.24, 2.45) is 11.8 Å². The van der Waals surface area contributed by atoms with Crippen molar-refractivity contribution < 1.29 is 0 Å². The maximum Gasteiger partial charge on any atom is 0.0499 e. The lowest BCUT2D eigenvalue weighted by Gasteiger charge is -2.34. The van der Waals surface area contributed by atoms with E-state index in [4.69, 9.17) is 5.84 Å². The summed E-state index contributed by atoms with van der Waals surface area (Å²) in [6.45, 7) is 0. The summed E-state index contributed by atoms with van der Waals surface area (Å²) < 4.78 is 2.20. The summed E-state index contributed by atoms with van der Waals surface area (Å²) >= 11 is 7.04. The molecule has 1 fully saturated rings. The second-order valence-corrected chi connectivity index (χ2v) is 5.77. The van der Waals surface area contributed by atoms with Crippen molar-refractivity contribution in [1.29, 1.82) is 0 Å². The first-order chi connectivity index (χ1) is 7.22. The fraction of sp³-hybridized carbons (Fsp3) is 0.455. The lowest BCUT2D eigenvalue weighted by Crippen LogP contribution is -2.36. The first-order valence-electron chi connectivity index (χ1n) is 5.13. The molecular formula is C11H14Br2N2. The average Bonchev–Trinajstić information content (AvgIpc) is 2.12. The quantitative estimate of drug-likeness (QED) is 0.656. The van der Waals surface area contributed by atoms with Gasteiger partial charge < -0.3 is 0 Å². The molecule has 0 aliphatic heterocycles. The minimum Gasteiger partial charge on any atom is -0.271 e. The van der Waals surface area contributed by atoms with Crippen LogP contribution in [0.25, 0.3) is 0 Å². The van der Waals surface area contributed by atoms with Gasteiger partial charge in [-0.05, 0) is 36.5 Å². The summed E-state index contributed by atoms with van der Waals surface area (Å²) in [5.41, 5.74) is 4.19. The van der Waals surface area contributed by atoms with E-state index in [1.54, 1.807) is 0 Å². The molecular weight excluding hydrogens is 320 g/mol. The lowest BCUT2D eigenvalue weighted by atomic mass is 9.77. The molecule has 1 aliphatic rings. The number of halogens is 2. The van der Waals surface area contributed by atoms with Gasteiger partial charge in [0.1, 0.15) is 0 Å². The van der Waals surface area contributed by atoms with Gasteiger partial charge in [0.15, 0.2) is 0 Å². The highest BCUT2D eigenvalue weighted by Crippen LogP contribution is 2.39. The van der Waals surface area contributed by atoms with Gasteiger partial charge in [-0.25, -0.2) is 0 Å². The van der Waals surface area contributed by atoms with E-state index in [9.17, 15) is 0 Å². The van der Waals surface area contributed by atoms with Crippen LogP contribution in [0.1, 0.15) is 30.9 Å². The molecule has 0 saturated heterocycles. The van der Waals surface area contributed by atoms with Crippen LogP contribution in [-0.2, 0) is 0 Å². The Labute approximate surface area is 107 Å². The molecule has 1 aromatic carbocycles. The Bertz CT molecular complexity index is 350. The molecule has 0 aromatic heterocycles. The van der Waals surface area contributed by atoms with Crippen LogP contribution < -0.4 is 11.3 Å². The number of rotatable bonds is 3. The van der Waals surface area contributed by atoms with Crippen molar-refractivity contribution in [2.75, 3.05) is 0 Å². The summed E-state index contributed by atoms with van der Waals surface area (Å²) in [5.74, 6) is 6.33. The molecule has 0 heterocycles. The summed E-state index contributed by atoms with van der Waals surface area (Å²) in [4.78, 5) is 0. The molecule has 15 heavy (non-hydrogen) atoms. The third kappa shape index (κ3) is 2.44. The van der Waals surface area contributed by atoms with Crippen LogP contribution >= 0.6 is 31.9 Å². The summed E-state index contributed by atoms with van der Waals surface area (Å²) in [6, 6.07) is 6.53. The van der Waals surface area contributed by atoms with Crippen LogP contribution in [0.5, 0.6) is 0 Å². The molecule has 1 atom stereocenters. The molecule has 82 valence electrons. The van der Waals surface area contributed by atoms with Crippen molar-refractivity contribution in [2.45, 2.75) is 25.3 Å². The van der Waals surface area contributed by atoms with Crippen LogP contribution in [0.2, 0.25) is 0 Å². The van der Waals surface area contributed by atoms with E-state index in [1.165, 1.54) is 24.8 Å².